The van der Waals surface area contributed by atoms with Gasteiger partial charge in [0.25, 0.3) is 5.91 Å². The maximum atomic E-state index is 13.7. The number of nitrogens with zero attached hydrogens (tertiary/aromatic N) is 2. The third kappa shape index (κ3) is 5.43. The van der Waals surface area contributed by atoms with Gasteiger partial charge in [-0.2, -0.15) is 0 Å². The third-order valence-electron chi connectivity index (χ3n) is 6.97. The first-order valence-corrected chi connectivity index (χ1v) is 13.2. The van der Waals surface area contributed by atoms with Crippen molar-refractivity contribution in [1.82, 2.24) is 9.80 Å². The summed E-state index contributed by atoms with van der Waals surface area (Å²) >= 11 is 1.74. The molecule has 0 N–H and O–H groups in total. The van der Waals surface area contributed by atoms with Gasteiger partial charge in [-0.25, -0.2) is 0 Å². The van der Waals surface area contributed by atoms with E-state index < -0.39 is 0 Å². The number of aryl methyl sites for hydroxylation is 2. The highest BCUT2D eigenvalue weighted by Crippen LogP contribution is 2.34. The molecule has 2 aromatic carbocycles. The second-order valence-corrected chi connectivity index (χ2v) is 10.2. The number of rotatable bonds is 8. The maximum Gasteiger partial charge on any atom is 0.254 e. The Balaban J connectivity index is 1.57. The Morgan fingerprint density at radius 2 is 1.80 bits per heavy atom. The topological polar surface area (TPSA) is 49.9 Å². The average molecular weight is 491 g/mol. The van der Waals surface area contributed by atoms with Crippen LogP contribution in [0, 0.1) is 13.8 Å². The first-order chi connectivity index (χ1) is 16.9. The van der Waals surface area contributed by atoms with E-state index in [2.05, 4.69) is 11.4 Å². The molecule has 3 aromatic rings. The van der Waals surface area contributed by atoms with Crippen LogP contribution in [0.25, 0.3) is 0 Å². The third-order valence-corrected chi connectivity index (χ3v) is 7.97. The molecule has 0 radical (unpaired) electrons. The Bertz CT molecular complexity index is 1190. The molecule has 0 aliphatic carbocycles. The van der Waals surface area contributed by atoms with Crippen LogP contribution in [-0.4, -0.2) is 47.4 Å². The Morgan fingerprint density at radius 1 is 1.09 bits per heavy atom. The van der Waals surface area contributed by atoms with Gasteiger partial charge in [0, 0.05) is 23.0 Å². The summed E-state index contributed by atoms with van der Waals surface area (Å²) in [5, 5.41) is 2.09. The zero-order chi connectivity index (χ0) is 24.9. The van der Waals surface area contributed by atoms with Crippen LogP contribution in [-0.2, 0) is 11.2 Å². The van der Waals surface area contributed by atoms with Gasteiger partial charge in [0.1, 0.15) is 18.9 Å². The molecule has 1 aliphatic rings. The lowest BCUT2D eigenvalue weighted by molar-refractivity contribution is -0.136. The van der Waals surface area contributed by atoms with Crippen LogP contribution in [0.4, 0.5) is 0 Å². The van der Waals surface area contributed by atoms with Crippen molar-refractivity contribution in [2.45, 2.75) is 52.6 Å². The number of fused-ring (bicyclic) bond motifs is 1. The molecule has 2 heterocycles. The van der Waals surface area contributed by atoms with E-state index in [0.717, 1.165) is 35.3 Å². The van der Waals surface area contributed by atoms with Gasteiger partial charge < -0.3 is 14.5 Å². The Kier molecular flexibility index (Phi) is 7.91. The summed E-state index contributed by atoms with van der Waals surface area (Å²) in [7, 11) is 0. The van der Waals surface area contributed by atoms with Crippen molar-refractivity contribution in [3.05, 3.63) is 87.1 Å². The number of carbonyl (C=O) groups excluding carboxylic acids is 2. The smallest absolute Gasteiger partial charge is 0.254 e. The summed E-state index contributed by atoms with van der Waals surface area (Å²) in [4.78, 5) is 32.2. The van der Waals surface area contributed by atoms with Crippen molar-refractivity contribution in [1.29, 1.82) is 0 Å². The molecule has 184 valence electrons. The summed E-state index contributed by atoms with van der Waals surface area (Å²) in [6.07, 6.45) is 1.61. The van der Waals surface area contributed by atoms with Gasteiger partial charge in [0.05, 0.1) is 6.04 Å². The first kappa shape index (κ1) is 25.0. The highest BCUT2D eigenvalue weighted by atomic mass is 32.1. The van der Waals surface area contributed by atoms with Crippen molar-refractivity contribution in [3.63, 3.8) is 0 Å². The fraction of sp³-hybridized carbons (Fsp3) is 0.379. The Labute approximate surface area is 212 Å². The molecule has 0 fully saturated rings. The van der Waals surface area contributed by atoms with E-state index in [1.807, 2.05) is 81.1 Å². The van der Waals surface area contributed by atoms with Crippen molar-refractivity contribution >= 4 is 23.2 Å². The SMILES string of the molecule is CC[C@@H](C)N(CC(=O)N1CCc2sccc2[C@H]1COc1ccccc1C)C(=O)c1ccccc1C. The summed E-state index contributed by atoms with van der Waals surface area (Å²) < 4.78 is 6.22. The van der Waals surface area contributed by atoms with E-state index in [0.29, 0.717) is 18.7 Å². The molecular formula is C29H34N2O3S. The van der Waals surface area contributed by atoms with Gasteiger partial charge >= 0.3 is 0 Å². The molecule has 35 heavy (non-hydrogen) atoms. The Hall–Kier alpha value is -3.12. The lowest BCUT2D eigenvalue weighted by atomic mass is 10.00. The van der Waals surface area contributed by atoms with Gasteiger partial charge in [0.15, 0.2) is 0 Å². The molecule has 1 aliphatic heterocycles. The number of carbonyl (C=O) groups is 2. The Morgan fingerprint density at radius 3 is 2.51 bits per heavy atom. The maximum absolute atomic E-state index is 13.7. The van der Waals surface area contributed by atoms with Gasteiger partial charge in [0.2, 0.25) is 5.91 Å². The predicted octanol–water partition coefficient (Wildman–Crippen LogP) is 5.81. The van der Waals surface area contributed by atoms with Gasteiger partial charge in [-0.3, -0.25) is 9.59 Å². The molecule has 6 heteroatoms. The van der Waals surface area contributed by atoms with Crippen molar-refractivity contribution in [3.8, 4) is 5.75 Å². The number of hydrogen-bond acceptors (Lipinski definition) is 4. The van der Waals surface area contributed by atoms with Gasteiger partial charge in [-0.1, -0.05) is 43.3 Å². The molecule has 5 nitrogen and oxygen atoms in total. The minimum Gasteiger partial charge on any atom is -0.491 e. The van der Waals surface area contributed by atoms with E-state index >= 15 is 0 Å². The van der Waals surface area contributed by atoms with Crippen LogP contribution >= 0.6 is 11.3 Å². The lowest BCUT2D eigenvalue weighted by Crippen LogP contribution is -2.50. The number of para-hydroxylation sites is 1. The molecule has 0 saturated carbocycles. The number of ether oxygens (including phenoxy) is 1. The fourth-order valence-electron chi connectivity index (χ4n) is 4.61. The van der Waals surface area contributed by atoms with E-state index in [9.17, 15) is 9.59 Å². The zero-order valence-electron chi connectivity index (χ0n) is 21.0. The summed E-state index contributed by atoms with van der Waals surface area (Å²) in [6, 6.07) is 17.4. The van der Waals surface area contributed by atoms with Gasteiger partial charge in [-0.05, 0) is 73.9 Å². The van der Waals surface area contributed by atoms with Crippen molar-refractivity contribution in [2.75, 3.05) is 19.7 Å². The quantitative estimate of drug-likeness (QED) is 0.400. The molecule has 2 amide bonds. The standard InChI is InChI=1S/C29H34N2O3S/c1-5-22(4)31(29(33)23-12-8-6-10-20(23)2)18-28(32)30-16-14-27-24(15-17-35-27)25(30)19-34-26-13-9-7-11-21(26)3/h6-13,15,17,22,25H,5,14,16,18-19H2,1-4H3/t22-,25-/m1/s1. The number of hydrogen-bond donors (Lipinski definition) is 0. The van der Waals surface area contributed by atoms with Crippen LogP contribution in [0.2, 0.25) is 0 Å². The summed E-state index contributed by atoms with van der Waals surface area (Å²) in [6.45, 7) is 9.08. The van der Waals surface area contributed by atoms with Crippen LogP contribution in [0.5, 0.6) is 5.75 Å². The molecule has 4 rings (SSSR count). The van der Waals surface area contributed by atoms with E-state index in [-0.39, 0.29) is 30.4 Å². The number of benzene rings is 2. The summed E-state index contributed by atoms with van der Waals surface area (Å²) in [5.41, 5.74) is 3.80. The van der Waals surface area contributed by atoms with Gasteiger partial charge in [-0.15, -0.1) is 11.3 Å². The molecule has 0 spiro atoms. The molecule has 0 unspecified atom stereocenters. The van der Waals surface area contributed by atoms with Crippen LogP contribution < -0.4 is 4.74 Å². The monoisotopic (exact) mass is 490 g/mol. The van der Waals surface area contributed by atoms with Crippen molar-refractivity contribution < 1.29 is 14.3 Å². The second-order valence-electron chi connectivity index (χ2n) is 9.23. The van der Waals surface area contributed by atoms with E-state index in [4.69, 9.17) is 4.74 Å². The normalized spacial score (nSPS) is 15.9. The van der Waals surface area contributed by atoms with E-state index in [1.54, 1.807) is 16.2 Å². The van der Waals surface area contributed by atoms with Crippen LogP contribution in [0.15, 0.2) is 60.0 Å². The second kappa shape index (κ2) is 11.1. The zero-order valence-corrected chi connectivity index (χ0v) is 21.8. The molecular weight excluding hydrogens is 456 g/mol. The fourth-order valence-corrected chi connectivity index (χ4v) is 5.54. The first-order valence-electron chi connectivity index (χ1n) is 12.3. The molecule has 0 bridgehead atoms. The van der Waals surface area contributed by atoms with Crippen LogP contribution in [0.1, 0.15) is 58.2 Å². The molecule has 1 aromatic heterocycles. The summed E-state index contributed by atoms with van der Waals surface area (Å²) in [5.74, 6) is 0.701. The number of thiophene rings is 1. The lowest BCUT2D eigenvalue weighted by Gasteiger charge is -2.38. The minimum atomic E-state index is -0.176. The molecule has 0 saturated heterocycles. The van der Waals surface area contributed by atoms with Crippen molar-refractivity contribution in [2.24, 2.45) is 0 Å². The van der Waals surface area contributed by atoms with Crippen LogP contribution in [0.3, 0.4) is 0 Å². The minimum absolute atomic E-state index is 0.0394. The highest BCUT2D eigenvalue weighted by molar-refractivity contribution is 7.10. The highest BCUT2D eigenvalue weighted by Gasteiger charge is 2.34. The average Bonchev–Trinajstić information content (AvgIpc) is 3.35. The number of amides is 2. The van der Waals surface area contributed by atoms with E-state index in [1.165, 1.54) is 4.88 Å². The molecule has 2 atom stereocenters. The largest absolute Gasteiger partial charge is 0.491 e. The predicted molar refractivity (Wildman–Crippen MR) is 141 cm³/mol.